The molecule has 1 aliphatic rings. The number of benzene rings is 3. The van der Waals surface area contributed by atoms with Crippen molar-refractivity contribution in [1.29, 1.82) is 0 Å². The molecule has 1 saturated heterocycles. The summed E-state index contributed by atoms with van der Waals surface area (Å²) in [6.45, 7) is 2.76. The summed E-state index contributed by atoms with van der Waals surface area (Å²) >= 11 is 0. The molecule has 0 aliphatic carbocycles. The summed E-state index contributed by atoms with van der Waals surface area (Å²) in [4.78, 5) is 2.49. The van der Waals surface area contributed by atoms with E-state index in [0.717, 1.165) is 55.0 Å². The lowest BCUT2D eigenvalue weighted by Gasteiger charge is -2.42. The summed E-state index contributed by atoms with van der Waals surface area (Å²) in [7, 11) is 1.72. The van der Waals surface area contributed by atoms with Crippen molar-refractivity contribution in [3.8, 4) is 11.4 Å². The summed E-state index contributed by atoms with van der Waals surface area (Å²) in [6, 6.07) is 32.7. The lowest BCUT2D eigenvalue weighted by atomic mass is 9.72. The van der Waals surface area contributed by atoms with Crippen molar-refractivity contribution in [2.75, 3.05) is 20.2 Å². The molecule has 34 heavy (non-hydrogen) atoms. The minimum atomic E-state index is -0.980. The van der Waals surface area contributed by atoms with Crippen LogP contribution in [0.5, 0.6) is 5.75 Å². The van der Waals surface area contributed by atoms with E-state index >= 15 is 0 Å². The molecule has 1 N–H and O–H groups in total. The van der Waals surface area contributed by atoms with Crippen molar-refractivity contribution in [3.63, 3.8) is 0 Å². The number of likely N-dealkylation sites (tertiary alicyclic amines) is 1. The van der Waals surface area contributed by atoms with Crippen LogP contribution in [0.15, 0.2) is 103 Å². The largest absolute Gasteiger partial charge is 0.495 e. The first-order chi connectivity index (χ1) is 16.7. The van der Waals surface area contributed by atoms with Crippen LogP contribution in [0, 0.1) is 5.92 Å². The van der Waals surface area contributed by atoms with Crippen LogP contribution in [0.2, 0.25) is 0 Å². The molecule has 0 radical (unpaired) electrons. The van der Waals surface area contributed by atoms with Gasteiger partial charge in [-0.2, -0.15) is 0 Å². The zero-order valence-corrected chi connectivity index (χ0v) is 19.7. The number of nitrogens with zero attached hydrogens (tertiary/aromatic N) is 2. The third-order valence-electron chi connectivity index (χ3n) is 7.17. The average molecular weight is 453 g/mol. The Morgan fingerprint density at radius 2 is 1.38 bits per heavy atom. The van der Waals surface area contributed by atoms with Gasteiger partial charge >= 0.3 is 0 Å². The predicted octanol–water partition coefficient (Wildman–Crippen LogP) is 5.63. The molecule has 1 aromatic heterocycles. The van der Waals surface area contributed by atoms with Gasteiger partial charge in [-0.05, 0) is 67.2 Å². The lowest BCUT2D eigenvalue weighted by molar-refractivity contribution is -0.0154. The number of para-hydroxylation sites is 2. The molecular weight excluding hydrogens is 420 g/mol. The number of methoxy groups -OCH3 is 1. The van der Waals surface area contributed by atoms with Crippen LogP contribution in [-0.4, -0.2) is 34.8 Å². The monoisotopic (exact) mass is 452 g/mol. The number of aliphatic hydroxyl groups is 1. The van der Waals surface area contributed by atoms with Crippen LogP contribution in [0.1, 0.15) is 29.7 Å². The molecule has 1 fully saturated rings. The molecule has 0 atom stereocenters. The molecule has 0 amide bonds. The molecular formula is C30H32N2O2. The molecule has 4 nitrogen and oxygen atoms in total. The molecule has 0 saturated carbocycles. The fourth-order valence-electron chi connectivity index (χ4n) is 5.37. The molecule has 5 rings (SSSR count). The smallest absolute Gasteiger partial charge is 0.142 e. The summed E-state index contributed by atoms with van der Waals surface area (Å²) in [5.74, 6) is 1.03. The second-order valence-corrected chi connectivity index (χ2v) is 9.09. The molecule has 3 aromatic carbocycles. The number of hydrogen-bond acceptors (Lipinski definition) is 3. The highest BCUT2D eigenvalue weighted by Gasteiger charge is 2.41. The summed E-state index contributed by atoms with van der Waals surface area (Å²) in [6.07, 6.45) is 3.98. The zero-order valence-electron chi connectivity index (χ0n) is 19.7. The quantitative estimate of drug-likeness (QED) is 0.395. The molecule has 0 spiro atoms. The Balaban J connectivity index is 1.34. The van der Waals surface area contributed by atoms with Crippen LogP contribution in [0.25, 0.3) is 5.69 Å². The van der Waals surface area contributed by atoms with Crippen LogP contribution in [-0.2, 0) is 12.1 Å². The summed E-state index contributed by atoms with van der Waals surface area (Å²) in [5.41, 5.74) is 3.27. The van der Waals surface area contributed by atoms with Gasteiger partial charge in [0.15, 0.2) is 0 Å². The SMILES string of the molecule is COc1ccccc1-n1cccc1CN1CCC(C(O)(c2ccccc2)c2ccccc2)CC1. The van der Waals surface area contributed by atoms with Gasteiger partial charge in [0.2, 0.25) is 0 Å². The molecule has 4 aromatic rings. The lowest BCUT2D eigenvalue weighted by Crippen LogP contribution is -2.44. The minimum Gasteiger partial charge on any atom is -0.495 e. The van der Waals surface area contributed by atoms with E-state index in [1.807, 2.05) is 54.6 Å². The maximum absolute atomic E-state index is 12.1. The van der Waals surface area contributed by atoms with Crippen LogP contribution < -0.4 is 4.74 Å². The topological polar surface area (TPSA) is 37.6 Å². The third-order valence-corrected chi connectivity index (χ3v) is 7.17. The fourth-order valence-corrected chi connectivity index (χ4v) is 5.37. The average Bonchev–Trinajstić information content (AvgIpc) is 3.37. The minimum absolute atomic E-state index is 0.162. The van der Waals surface area contributed by atoms with Gasteiger partial charge in [0, 0.05) is 18.4 Å². The van der Waals surface area contributed by atoms with Crippen molar-refractivity contribution < 1.29 is 9.84 Å². The Morgan fingerprint density at radius 3 is 2.00 bits per heavy atom. The standard InChI is InChI=1S/C30H32N2O2/c1-34-29-17-9-8-16-28(29)32-20-10-15-27(32)23-31-21-18-26(19-22-31)30(33,24-11-4-2-5-12-24)25-13-6-3-7-14-25/h2-17,20,26,33H,18-19,21-23H2,1H3. The Kier molecular flexibility index (Phi) is 6.52. The van der Waals surface area contributed by atoms with Gasteiger partial charge in [-0.3, -0.25) is 4.90 Å². The number of ether oxygens (including phenoxy) is 1. The van der Waals surface area contributed by atoms with Crippen LogP contribution >= 0.6 is 0 Å². The second-order valence-electron chi connectivity index (χ2n) is 9.09. The molecule has 0 bridgehead atoms. The number of aromatic nitrogens is 1. The van der Waals surface area contributed by atoms with Crippen molar-refractivity contribution in [2.45, 2.75) is 25.0 Å². The van der Waals surface area contributed by atoms with Gasteiger partial charge in [0.25, 0.3) is 0 Å². The maximum atomic E-state index is 12.1. The molecule has 1 aliphatic heterocycles. The first-order valence-electron chi connectivity index (χ1n) is 12.1. The van der Waals surface area contributed by atoms with E-state index in [4.69, 9.17) is 4.74 Å². The van der Waals surface area contributed by atoms with Gasteiger partial charge < -0.3 is 14.4 Å². The number of rotatable bonds is 7. The summed E-state index contributed by atoms with van der Waals surface area (Å²) < 4.78 is 7.80. The molecule has 174 valence electrons. The van der Waals surface area contributed by atoms with Crippen molar-refractivity contribution >= 4 is 0 Å². The first-order valence-corrected chi connectivity index (χ1v) is 12.1. The molecule has 2 heterocycles. The second kappa shape index (κ2) is 9.88. The van der Waals surface area contributed by atoms with Gasteiger partial charge in [-0.1, -0.05) is 72.8 Å². The number of piperidine rings is 1. The van der Waals surface area contributed by atoms with Gasteiger partial charge in [-0.15, -0.1) is 0 Å². The van der Waals surface area contributed by atoms with E-state index in [9.17, 15) is 5.11 Å². The third kappa shape index (κ3) is 4.27. The van der Waals surface area contributed by atoms with E-state index in [-0.39, 0.29) is 5.92 Å². The van der Waals surface area contributed by atoms with Crippen LogP contribution in [0.3, 0.4) is 0 Å². The Morgan fingerprint density at radius 1 is 0.794 bits per heavy atom. The van der Waals surface area contributed by atoms with Gasteiger partial charge in [-0.25, -0.2) is 0 Å². The van der Waals surface area contributed by atoms with Gasteiger partial charge in [0.1, 0.15) is 11.4 Å². The Hall–Kier alpha value is -3.34. The normalized spacial score (nSPS) is 15.4. The van der Waals surface area contributed by atoms with Gasteiger partial charge in [0.05, 0.1) is 12.8 Å². The fraction of sp³-hybridized carbons (Fsp3) is 0.267. The highest BCUT2D eigenvalue weighted by Crippen LogP contribution is 2.42. The maximum Gasteiger partial charge on any atom is 0.142 e. The zero-order chi connectivity index (χ0) is 23.4. The molecule has 0 unspecified atom stereocenters. The van der Waals surface area contributed by atoms with E-state index in [1.54, 1.807) is 7.11 Å². The van der Waals surface area contributed by atoms with E-state index < -0.39 is 5.60 Å². The Labute approximate surface area is 202 Å². The highest BCUT2D eigenvalue weighted by atomic mass is 16.5. The Bertz CT molecular complexity index is 1160. The number of hydrogen-bond donors (Lipinski definition) is 1. The predicted molar refractivity (Wildman–Crippen MR) is 136 cm³/mol. The van der Waals surface area contributed by atoms with Crippen LogP contribution in [0.4, 0.5) is 0 Å². The van der Waals surface area contributed by atoms with Crippen molar-refractivity contribution in [1.82, 2.24) is 9.47 Å². The highest BCUT2D eigenvalue weighted by molar-refractivity contribution is 5.48. The van der Waals surface area contributed by atoms with E-state index in [0.29, 0.717) is 0 Å². The first kappa shape index (κ1) is 22.5. The van der Waals surface area contributed by atoms with Crippen molar-refractivity contribution in [2.24, 2.45) is 5.92 Å². The van der Waals surface area contributed by atoms with E-state index in [1.165, 1.54) is 5.69 Å². The summed E-state index contributed by atoms with van der Waals surface area (Å²) in [5, 5.41) is 12.1. The van der Waals surface area contributed by atoms with Crippen molar-refractivity contribution in [3.05, 3.63) is 120 Å². The van der Waals surface area contributed by atoms with E-state index in [2.05, 4.69) is 58.1 Å². The molecule has 4 heteroatoms.